The van der Waals surface area contributed by atoms with Gasteiger partial charge in [-0.25, -0.2) is 0 Å². The molecule has 0 aliphatic rings. The molecule has 0 amide bonds. The molecule has 0 aromatic heterocycles. The van der Waals surface area contributed by atoms with Gasteiger partial charge in [-0.15, -0.1) is 0 Å². The van der Waals surface area contributed by atoms with Gasteiger partial charge in [0.2, 0.25) is 0 Å². The molecule has 0 atom stereocenters. The van der Waals surface area contributed by atoms with Crippen LogP contribution in [0.1, 0.15) is 13.8 Å². The standard InChI is InChI=1S/C10H21F3N2O/c1-9(2)14-4-5-15(3)6-7-16-8-10(11,12)13/h9,14H,4-8H2,1-3H3. The third-order valence-corrected chi connectivity index (χ3v) is 1.93. The molecule has 0 aliphatic carbocycles. The number of ether oxygens (including phenoxy) is 1. The second-order valence-electron chi connectivity index (χ2n) is 4.08. The Kier molecular flexibility index (Phi) is 7.70. The van der Waals surface area contributed by atoms with Crippen molar-refractivity contribution in [3.63, 3.8) is 0 Å². The van der Waals surface area contributed by atoms with Crippen LogP contribution in [0.4, 0.5) is 13.2 Å². The lowest BCUT2D eigenvalue weighted by Gasteiger charge is -2.18. The summed E-state index contributed by atoms with van der Waals surface area (Å²) in [5.41, 5.74) is 0. The Morgan fingerprint density at radius 2 is 1.88 bits per heavy atom. The highest BCUT2D eigenvalue weighted by Crippen LogP contribution is 2.14. The van der Waals surface area contributed by atoms with Crippen LogP contribution < -0.4 is 5.32 Å². The second kappa shape index (κ2) is 7.86. The molecule has 0 spiro atoms. The maximum Gasteiger partial charge on any atom is 0.411 e. The first-order valence-electron chi connectivity index (χ1n) is 5.37. The summed E-state index contributed by atoms with van der Waals surface area (Å²) in [6.45, 7) is 5.18. The van der Waals surface area contributed by atoms with E-state index in [1.807, 2.05) is 25.8 Å². The molecular weight excluding hydrogens is 221 g/mol. The number of rotatable bonds is 8. The maximum absolute atomic E-state index is 11.7. The number of halogens is 3. The summed E-state index contributed by atoms with van der Waals surface area (Å²) in [6, 6.07) is 0.426. The average Bonchev–Trinajstić information content (AvgIpc) is 2.10. The lowest BCUT2D eigenvalue weighted by atomic mass is 10.4. The van der Waals surface area contributed by atoms with E-state index in [2.05, 4.69) is 10.1 Å². The van der Waals surface area contributed by atoms with E-state index in [0.29, 0.717) is 12.6 Å². The van der Waals surface area contributed by atoms with E-state index >= 15 is 0 Å². The van der Waals surface area contributed by atoms with Gasteiger partial charge in [0.05, 0.1) is 6.61 Å². The fraction of sp³-hybridized carbons (Fsp3) is 1.00. The third-order valence-electron chi connectivity index (χ3n) is 1.93. The van der Waals surface area contributed by atoms with Crippen molar-refractivity contribution < 1.29 is 17.9 Å². The third kappa shape index (κ3) is 11.7. The van der Waals surface area contributed by atoms with Crippen LogP contribution in [0.25, 0.3) is 0 Å². The maximum atomic E-state index is 11.7. The fourth-order valence-corrected chi connectivity index (χ4v) is 1.06. The molecule has 0 heterocycles. The predicted octanol–water partition coefficient (Wildman–Crippen LogP) is 1.50. The number of hydrogen-bond acceptors (Lipinski definition) is 3. The zero-order chi connectivity index (χ0) is 12.6. The zero-order valence-corrected chi connectivity index (χ0v) is 10.1. The van der Waals surface area contributed by atoms with E-state index in [-0.39, 0.29) is 6.61 Å². The Morgan fingerprint density at radius 3 is 2.38 bits per heavy atom. The van der Waals surface area contributed by atoms with Gasteiger partial charge in [0.25, 0.3) is 0 Å². The molecular formula is C10H21F3N2O. The zero-order valence-electron chi connectivity index (χ0n) is 10.1. The summed E-state index contributed by atoms with van der Waals surface area (Å²) in [5, 5.41) is 3.23. The smallest absolute Gasteiger partial charge is 0.371 e. The molecule has 0 bridgehead atoms. The van der Waals surface area contributed by atoms with E-state index in [0.717, 1.165) is 13.1 Å². The molecule has 0 saturated heterocycles. The van der Waals surface area contributed by atoms with Gasteiger partial charge in [-0.2, -0.15) is 13.2 Å². The number of alkyl halides is 3. The van der Waals surface area contributed by atoms with Gasteiger partial charge in [0.1, 0.15) is 6.61 Å². The molecule has 6 heteroatoms. The molecule has 1 N–H and O–H groups in total. The van der Waals surface area contributed by atoms with Crippen LogP contribution in [-0.4, -0.2) is 57.0 Å². The predicted molar refractivity (Wildman–Crippen MR) is 57.5 cm³/mol. The lowest BCUT2D eigenvalue weighted by molar-refractivity contribution is -0.174. The molecule has 16 heavy (non-hydrogen) atoms. The molecule has 0 fully saturated rings. The minimum Gasteiger partial charge on any atom is -0.371 e. The lowest BCUT2D eigenvalue weighted by Crippen LogP contribution is -2.34. The normalized spacial score (nSPS) is 12.8. The summed E-state index contributed by atoms with van der Waals surface area (Å²) in [6.07, 6.45) is -4.22. The first kappa shape index (κ1) is 15.7. The summed E-state index contributed by atoms with van der Waals surface area (Å²) in [7, 11) is 1.86. The van der Waals surface area contributed by atoms with E-state index in [1.165, 1.54) is 0 Å². The topological polar surface area (TPSA) is 24.5 Å². The van der Waals surface area contributed by atoms with Crippen molar-refractivity contribution in [2.24, 2.45) is 0 Å². The van der Waals surface area contributed by atoms with Crippen LogP contribution in [0.5, 0.6) is 0 Å². The van der Waals surface area contributed by atoms with Crippen LogP contribution in [0, 0.1) is 0 Å². The second-order valence-corrected chi connectivity index (χ2v) is 4.08. The fourth-order valence-electron chi connectivity index (χ4n) is 1.06. The molecule has 98 valence electrons. The summed E-state index contributed by atoms with van der Waals surface area (Å²) >= 11 is 0. The van der Waals surface area contributed by atoms with Crippen molar-refractivity contribution in [1.29, 1.82) is 0 Å². The van der Waals surface area contributed by atoms with Gasteiger partial charge in [-0.1, -0.05) is 13.8 Å². The quantitative estimate of drug-likeness (QED) is 0.653. The van der Waals surface area contributed by atoms with Crippen molar-refractivity contribution >= 4 is 0 Å². The Bertz CT molecular complexity index is 174. The molecule has 0 aromatic rings. The minimum absolute atomic E-state index is 0.109. The molecule has 0 aromatic carbocycles. The number of nitrogens with one attached hydrogen (secondary N) is 1. The van der Waals surface area contributed by atoms with Gasteiger partial charge in [0.15, 0.2) is 0 Å². The summed E-state index contributed by atoms with van der Waals surface area (Å²) in [4.78, 5) is 1.94. The molecule has 0 saturated carbocycles. The highest BCUT2D eigenvalue weighted by atomic mass is 19.4. The van der Waals surface area contributed by atoms with E-state index in [9.17, 15) is 13.2 Å². The van der Waals surface area contributed by atoms with E-state index in [1.54, 1.807) is 0 Å². The van der Waals surface area contributed by atoms with Gasteiger partial charge in [-0.05, 0) is 7.05 Å². The Balaban J connectivity index is 3.34. The van der Waals surface area contributed by atoms with Gasteiger partial charge < -0.3 is 15.0 Å². The summed E-state index contributed by atoms with van der Waals surface area (Å²) < 4.78 is 39.7. The Labute approximate surface area is 94.9 Å². The average molecular weight is 242 g/mol. The van der Waals surface area contributed by atoms with E-state index in [4.69, 9.17) is 0 Å². The Hall–Kier alpha value is -0.330. The SMILES string of the molecule is CC(C)NCCN(C)CCOCC(F)(F)F. The molecule has 0 unspecified atom stereocenters. The largest absolute Gasteiger partial charge is 0.411 e. The van der Waals surface area contributed by atoms with Crippen LogP contribution in [0.15, 0.2) is 0 Å². The monoisotopic (exact) mass is 242 g/mol. The highest BCUT2D eigenvalue weighted by Gasteiger charge is 2.27. The Morgan fingerprint density at radius 1 is 1.25 bits per heavy atom. The number of likely N-dealkylation sites (N-methyl/N-ethyl adjacent to an activating group) is 1. The number of nitrogens with zero attached hydrogens (tertiary/aromatic N) is 1. The van der Waals surface area contributed by atoms with E-state index < -0.39 is 12.8 Å². The molecule has 0 aliphatic heterocycles. The van der Waals surface area contributed by atoms with Gasteiger partial charge >= 0.3 is 6.18 Å². The van der Waals surface area contributed by atoms with Crippen LogP contribution in [0.2, 0.25) is 0 Å². The molecule has 3 nitrogen and oxygen atoms in total. The molecule has 0 radical (unpaired) electrons. The van der Waals surface area contributed by atoms with Crippen molar-refractivity contribution in [3.05, 3.63) is 0 Å². The first-order valence-corrected chi connectivity index (χ1v) is 5.37. The molecule has 0 rings (SSSR count). The summed E-state index contributed by atoms with van der Waals surface area (Å²) in [5.74, 6) is 0. The first-order chi connectivity index (χ1) is 7.31. The van der Waals surface area contributed by atoms with Gasteiger partial charge in [0, 0.05) is 25.7 Å². The van der Waals surface area contributed by atoms with Crippen molar-refractivity contribution in [3.8, 4) is 0 Å². The van der Waals surface area contributed by atoms with Crippen LogP contribution in [0.3, 0.4) is 0 Å². The highest BCUT2D eigenvalue weighted by molar-refractivity contribution is 4.57. The van der Waals surface area contributed by atoms with Crippen molar-refractivity contribution in [2.45, 2.75) is 26.1 Å². The van der Waals surface area contributed by atoms with Crippen molar-refractivity contribution in [1.82, 2.24) is 10.2 Å². The van der Waals surface area contributed by atoms with Crippen LogP contribution >= 0.6 is 0 Å². The minimum atomic E-state index is -4.22. The van der Waals surface area contributed by atoms with Crippen LogP contribution in [-0.2, 0) is 4.74 Å². The van der Waals surface area contributed by atoms with Crippen molar-refractivity contribution in [2.75, 3.05) is 39.9 Å². The number of hydrogen-bond donors (Lipinski definition) is 1. The van der Waals surface area contributed by atoms with Gasteiger partial charge in [-0.3, -0.25) is 0 Å².